The Labute approximate surface area is 282 Å². The van der Waals surface area contributed by atoms with Crippen molar-refractivity contribution in [3.63, 3.8) is 0 Å². The second-order valence-electron chi connectivity index (χ2n) is 11.7. The van der Waals surface area contributed by atoms with Gasteiger partial charge in [-0.3, -0.25) is 13.9 Å². The van der Waals surface area contributed by atoms with Crippen LogP contribution in [0.2, 0.25) is 10.0 Å². The Morgan fingerprint density at radius 3 is 2.00 bits per heavy atom. The number of nitrogens with one attached hydrogen (secondary N) is 1. The molecule has 0 bridgehead atoms. The molecule has 10 heteroatoms. The minimum Gasteiger partial charge on any atom is -0.354 e. The van der Waals surface area contributed by atoms with Crippen LogP contribution in [0.1, 0.15) is 36.1 Å². The van der Waals surface area contributed by atoms with Crippen molar-refractivity contribution in [2.45, 2.75) is 51.6 Å². The normalized spacial score (nSPS) is 12.1. The van der Waals surface area contributed by atoms with Crippen molar-refractivity contribution in [2.24, 2.45) is 5.92 Å². The molecule has 0 radical (unpaired) electrons. The van der Waals surface area contributed by atoms with Crippen LogP contribution in [0.5, 0.6) is 0 Å². The molecule has 4 rings (SSSR count). The maximum Gasteiger partial charge on any atom is 0.264 e. The maximum absolute atomic E-state index is 14.6. The van der Waals surface area contributed by atoms with E-state index in [1.54, 1.807) is 24.3 Å². The molecule has 0 aliphatic rings. The highest BCUT2D eigenvalue weighted by Crippen LogP contribution is 2.35. The summed E-state index contributed by atoms with van der Waals surface area (Å²) in [6.07, 6.45) is 0.227. The third kappa shape index (κ3) is 8.90. The van der Waals surface area contributed by atoms with Crippen LogP contribution in [0.25, 0.3) is 0 Å². The minimum absolute atomic E-state index is 0.00625. The lowest BCUT2D eigenvalue weighted by Crippen LogP contribution is -2.53. The molecule has 0 unspecified atom stereocenters. The molecule has 0 fully saturated rings. The van der Waals surface area contributed by atoms with Crippen molar-refractivity contribution in [3.05, 3.63) is 129 Å². The van der Waals surface area contributed by atoms with E-state index in [-0.39, 0.29) is 45.4 Å². The van der Waals surface area contributed by atoms with Gasteiger partial charge in [-0.05, 0) is 55.2 Å². The average molecular weight is 681 g/mol. The van der Waals surface area contributed by atoms with Crippen LogP contribution in [-0.4, -0.2) is 44.3 Å². The summed E-state index contributed by atoms with van der Waals surface area (Å²) in [5.74, 6) is -0.720. The zero-order chi connectivity index (χ0) is 33.4. The van der Waals surface area contributed by atoms with Crippen LogP contribution >= 0.6 is 23.2 Å². The van der Waals surface area contributed by atoms with E-state index in [0.29, 0.717) is 6.54 Å². The standard InChI is InChI=1S/C36H39Cl2N3O4S/c1-25(2)22-39-36(43)33(21-28-9-6-5-7-10-28)40(23-29-17-13-26(3)14-18-29)34(42)24-41(32-12-8-11-31(37)35(32)38)46(44,45)30-19-15-27(4)16-20-30/h5-20,25,33H,21-24H2,1-4H3,(H,39,43)/t33-/m0/s1. The lowest BCUT2D eigenvalue weighted by Gasteiger charge is -2.34. The molecule has 0 saturated carbocycles. The van der Waals surface area contributed by atoms with Gasteiger partial charge in [-0.25, -0.2) is 8.42 Å². The third-order valence-electron chi connectivity index (χ3n) is 7.52. The first-order valence-electron chi connectivity index (χ1n) is 15.1. The SMILES string of the molecule is Cc1ccc(CN(C(=O)CN(c2cccc(Cl)c2Cl)S(=O)(=O)c2ccc(C)cc2)[C@@H](Cc2ccccc2)C(=O)NCC(C)C)cc1. The second-order valence-corrected chi connectivity index (χ2v) is 14.4. The topological polar surface area (TPSA) is 86.8 Å². The summed E-state index contributed by atoms with van der Waals surface area (Å²) in [5, 5.41) is 3.13. The Bertz CT molecular complexity index is 1750. The van der Waals surface area contributed by atoms with Crippen LogP contribution in [-0.2, 0) is 32.6 Å². The van der Waals surface area contributed by atoms with Gasteiger partial charge in [0.1, 0.15) is 12.6 Å². The van der Waals surface area contributed by atoms with E-state index >= 15 is 0 Å². The van der Waals surface area contributed by atoms with E-state index in [9.17, 15) is 18.0 Å². The Kier molecular flexibility index (Phi) is 11.9. The van der Waals surface area contributed by atoms with E-state index in [1.165, 1.54) is 23.1 Å². The molecular weight excluding hydrogens is 641 g/mol. The highest BCUT2D eigenvalue weighted by molar-refractivity contribution is 7.92. The van der Waals surface area contributed by atoms with Gasteiger partial charge in [0.2, 0.25) is 11.8 Å². The summed E-state index contributed by atoms with van der Waals surface area (Å²) >= 11 is 12.9. The quantitative estimate of drug-likeness (QED) is 0.162. The molecule has 4 aromatic carbocycles. The number of carbonyl (C=O) groups excluding carboxylic acids is 2. The zero-order valence-corrected chi connectivity index (χ0v) is 28.7. The van der Waals surface area contributed by atoms with Crippen LogP contribution in [0.4, 0.5) is 5.69 Å². The van der Waals surface area contributed by atoms with Gasteiger partial charge < -0.3 is 10.2 Å². The van der Waals surface area contributed by atoms with Crippen molar-refractivity contribution >= 4 is 50.7 Å². The monoisotopic (exact) mass is 679 g/mol. The fraction of sp³-hybridized carbons (Fsp3) is 0.278. The van der Waals surface area contributed by atoms with Gasteiger partial charge in [-0.2, -0.15) is 0 Å². The van der Waals surface area contributed by atoms with Gasteiger partial charge >= 0.3 is 0 Å². The number of nitrogens with zero attached hydrogens (tertiary/aromatic N) is 2. The Morgan fingerprint density at radius 1 is 0.783 bits per heavy atom. The molecule has 1 atom stereocenters. The molecule has 2 amide bonds. The summed E-state index contributed by atoms with van der Waals surface area (Å²) in [4.78, 5) is 29.9. The maximum atomic E-state index is 14.6. The third-order valence-corrected chi connectivity index (χ3v) is 10.1. The smallest absolute Gasteiger partial charge is 0.264 e. The number of amides is 2. The van der Waals surface area contributed by atoms with Crippen molar-refractivity contribution in [2.75, 3.05) is 17.4 Å². The largest absolute Gasteiger partial charge is 0.354 e. The van der Waals surface area contributed by atoms with Crippen LogP contribution in [0, 0.1) is 19.8 Å². The molecule has 242 valence electrons. The molecule has 1 N–H and O–H groups in total. The molecule has 0 heterocycles. The van der Waals surface area contributed by atoms with E-state index in [1.807, 2.05) is 82.3 Å². The molecule has 0 aliphatic heterocycles. The summed E-state index contributed by atoms with van der Waals surface area (Å²) in [6.45, 7) is 7.67. The Balaban J connectivity index is 1.82. The molecule has 4 aromatic rings. The summed E-state index contributed by atoms with van der Waals surface area (Å²) in [7, 11) is -4.30. The fourth-order valence-electron chi connectivity index (χ4n) is 4.90. The number of hydrogen-bond donors (Lipinski definition) is 1. The lowest BCUT2D eigenvalue weighted by molar-refractivity contribution is -0.140. The number of hydrogen-bond acceptors (Lipinski definition) is 4. The molecule has 7 nitrogen and oxygen atoms in total. The van der Waals surface area contributed by atoms with E-state index in [0.717, 1.165) is 26.6 Å². The highest BCUT2D eigenvalue weighted by Gasteiger charge is 2.35. The van der Waals surface area contributed by atoms with Crippen molar-refractivity contribution in [1.82, 2.24) is 10.2 Å². The molecule has 0 aromatic heterocycles. The number of sulfonamides is 1. The van der Waals surface area contributed by atoms with Gasteiger partial charge in [0, 0.05) is 19.5 Å². The molecular formula is C36H39Cl2N3O4S. The first kappa shape index (κ1) is 35.0. The van der Waals surface area contributed by atoms with Crippen molar-refractivity contribution in [3.8, 4) is 0 Å². The summed E-state index contributed by atoms with van der Waals surface area (Å²) < 4.78 is 29.4. The van der Waals surface area contributed by atoms with Crippen molar-refractivity contribution in [1.29, 1.82) is 0 Å². The number of aryl methyl sites for hydroxylation is 2. The Hall–Kier alpha value is -3.85. The van der Waals surface area contributed by atoms with E-state index < -0.39 is 28.5 Å². The number of benzene rings is 4. The number of anilines is 1. The summed E-state index contributed by atoms with van der Waals surface area (Å²) in [5.41, 5.74) is 3.63. The van der Waals surface area contributed by atoms with Crippen LogP contribution < -0.4 is 9.62 Å². The van der Waals surface area contributed by atoms with Gasteiger partial charge in [0.25, 0.3) is 10.0 Å². The van der Waals surface area contributed by atoms with Crippen LogP contribution in [0.3, 0.4) is 0 Å². The van der Waals surface area contributed by atoms with Gasteiger partial charge in [0.15, 0.2) is 0 Å². The second kappa shape index (κ2) is 15.6. The number of rotatable bonds is 13. The number of halogens is 2. The van der Waals surface area contributed by atoms with Crippen LogP contribution in [0.15, 0.2) is 102 Å². The van der Waals surface area contributed by atoms with Gasteiger partial charge in [-0.15, -0.1) is 0 Å². The molecule has 46 heavy (non-hydrogen) atoms. The van der Waals surface area contributed by atoms with E-state index in [2.05, 4.69) is 5.32 Å². The first-order valence-corrected chi connectivity index (χ1v) is 17.3. The fourth-order valence-corrected chi connectivity index (χ4v) is 6.78. The lowest BCUT2D eigenvalue weighted by atomic mass is 10.0. The first-order chi connectivity index (χ1) is 21.9. The summed E-state index contributed by atoms with van der Waals surface area (Å²) in [6, 6.07) is 27.1. The highest BCUT2D eigenvalue weighted by atomic mass is 35.5. The predicted octanol–water partition coefficient (Wildman–Crippen LogP) is 7.22. The zero-order valence-electron chi connectivity index (χ0n) is 26.4. The molecule has 0 spiro atoms. The molecule has 0 saturated heterocycles. The predicted molar refractivity (Wildman–Crippen MR) is 186 cm³/mol. The number of carbonyl (C=O) groups is 2. The van der Waals surface area contributed by atoms with Crippen molar-refractivity contribution < 1.29 is 18.0 Å². The minimum atomic E-state index is -4.30. The van der Waals surface area contributed by atoms with Gasteiger partial charge in [-0.1, -0.05) is 121 Å². The molecule has 0 aliphatic carbocycles. The Morgan fingerprint density at radius 2 is 1.39 bits per heavy atom. The van der Waals surface area contributed by atoms with E-state index in [4.69, 9.17) is 23.2 Å². The average Bonchev–Trinajstić information content (AvgIpc) is 3.03. The van der Waals surface area contributed by atoms with Gasteiger partial charge in [0.05, 0.1) is 20.6 Å².